The molecule has 8 heteroatoms. The molecule has 0 saturated carbocycles. The van der Waals surface area contributed by atoms with Gasteiger partial charge in [-0.15, -0.1) is 0 Å². The van der Waals surface area contributed by atoms with Crippen LogP contribution in [0.15, 0.2) is 77.3 Å². The highest BCUT2D eigenvalue weighted by molar-refractivity contribution is 6.04. The zero-order chi connectivity index (χ0) is 22.3. The van der Waals surface area contributed by atoms with Gasteiger partial charge >= 0.3 is 0 Å². The molecule has 0 saturated heterocycles. The largest absolute Gasteiger partial charge is 0.489 e. The molecule has 0 aliphatic carbocycles. The highest BCUT2D eigenvalue weighted by Gasteiger charge is 2.08. The fourth-order valence-electron chi connectivity index (χ4n) is 2.91. The zero-order valence-electron chi connectivity index (χ0n) is 17.2. The summed E-state index contributed by atoms with van der Waals surface area (Å²) in [6.07, 6.45) is 0. The Kier molecular flexibility index (Phi) is 6.41. The molecule has 0 unspecified atom stereocenters. The third kappa shape index (κ3) is 5.69. The number of aryl methyl sites for hydroxylation is 1. The lowest BCUT2D eigenvalue weighted by Crippen LogP contribution is -2.11. The number of benzene rings is 3. The number of halogens is 1. The van der Waals surface area contributed by atoms with Crippen molar-refractivity contribution in [2.24, 2.45) is 0 Å². The molecule has 32 heavy (non-hydrogen) atoms. The van der Waals surface area contributed by atoms with Gasteiger partial charge in [-0.05, 0) is 54.1 Å². The predicted octanol–water partition coefficient (Wildman–Crippen LogP) is 4.93. The second-order valence-corrected chi connectivity index (χ2v) is 6.94. The minimum Gasteiger partial charge on any atom is -0.489 e. The second kappa shape index (κ2) is 9.74. The second-order valence-electron chi connectivity index (χ2n) is 6.94. The third-order valence-electron chi connectivity index (χ3n) is 4.44. The minimum atomic E-state index is -0.312. The summed E-state index contributed by atoms with van der Waals surface area (Å²) in [7, 11) is 0. The molecule has 0 fully saturated rings. The summed E-state index contributed by atoms with van der Waals surface area (Å²) >= 11 is 0. The van der Waals surface area contributed by atoms with Crippen LogP contribution in [-0.2, 0) is 13.2 Å². The van der Waals surface area contributed by atoms with Crippen molar-refractivity contribution in [2.45, 2.75) is 20.1 Å². The number of hydrogen-bond acceptors (Lipinski definition) is 6. The molecule has 4 aromatic rings. The first-order valence-corrected chi connectivity index (χ1v) is 9.86. The first-order chi connectivity index (χ1) is 15.5. The van der Waals surface area contributed by atoms with Crippen molar-refractivity contribution < 1.29 is 23.2 Å². The molecule has 0 aliphatic rings. The van der Waals surface area contributed by atoms with E-state index < -0.39 is 0 Å². The van der Waals surface area contributed by atoms with Crippen LogP contribution in [0.4, 0.5) is 10.1 Å². The van der Waals surface area contributed by atoms with Gasteiger partial charge in [0.25, 0.3) is 5.91 Å². The van der Waals surface area contributed by atoms with Crippen molar-refractivity contribution in [3.8, 4) is 11.5 Å². The van der Waals surface area contributed by atoms with Gasteiger partial charge in [-0.3, -0.25) is 4.79 Å². The molecule has 3 aromatic carbocycles. The Morgan fingerprint density at radius 2 is 1.75 bits per heavy atom. The van der Waals surface area contributed by atoms with Gasteiger partial charge in [0.15, 0.2) is 6.61 Å². The van der Waals surface area contributed by atoms with Crippen molar-refractivity contribution in [2.75, 3.05) is 5.32 Å². The summed E-state index contributed by atoms with van der Waals surface area (Å²) in [4.78, 5) is 16.6. The molecule has 0 bridgehead atoms. The molecule has 1 heterocycles. The molecule has 0 aliphatic heterocycles. The SMILES string of the molecule is Cc1nc(COc2ccc(C(=O)Nc3cccc(OCc4cccc(F)c4)c3)cc2)no1. The normalized spacial score (nSPS) is 10.6. The number of ether oxygens (including phenoxy) is 2. The van der Waals surface area contributed by atoms with Crippen molar-refractivity contribution in [1.29, 1.82) is 0 Å². The molecule has 0 spiro atoms. The van der Waals surface area contributed by atoms with E-state index in [4.69, 9.17) is 14.0 Å². The van der Waals surface area contributed by atoms with Gasteiger partial charge in [0.2, 0.25) is 11.7 Å². The lowest BCUT2D eigenvalue weighted by atomic mass is 10.2. The van der Waals surface area contributed by atoms with Crippen LogP contribution in [0.2, 0.25) is 0 Å². The Labute approximate surface area is 183 Å². The Hall–Kier alpha value is -4.20. The average Bonchev–Trinajstić information content (AvgIpc) is 3.22. The van der Waals surface area contributed by atoms with Gasteiger partial charge in [-0.2, -0.15) is 4.98 Å². The number of hydrogen-bond donors (Lipinski definition) is 1. The van der Waals surface area contributed by atoms with Crippen LogP contribution in [0.5, 0.6) is 11.5 Å². The fourth-order valence-corrected chi connectivity index (χ4v) is 2.91. The number of carbonyl (C=O) groups excluding carboxylic acids is 1. The summed E-state index contributed by atoms with van der Waals surface area (Å²) in [6.45, 7) is 2.10. The van der Waals surface area contributed by atoms with Gasteiger partial charge in [-0.25, -0.2) is 4.39 Å². The molecule has 1 amide bonds. The maximum Gasteiger partial charge on any atom is 0.255 e. The topological polar surface area (TPSA) is 86.5 Å². The van der Waals surface area contributed by atoms with Crippen LogP contribution in [0.25, 0.3) is 0 Å². The molecule has 4 rings (SSSR count). The third-order valence-corrected chi connectivity index (χ3v) is 4.44. The molecule has 1 N–H and O–H groups in total. The Morgan fingerprint density at radius 3 is 2.50 bits per heavy atom. The number of anilines is 1. The first-order valence-electron chi connectivity index (χ1n) is 9.86. The lowest BCUT2D eigenvalue weighted by molar-refractivity contribution is 0.102. The summed E-state index contributed by atoms with van der Waals surface area (Å²) in [5, 5.41) is 6.60. The van der Waals surface area contributed by atoms with Crippen molar-refractivity contribution in [1.82, 2.24) is 10.1 Å². The van der Waals surface area contributed by atoms with E-state index in [1.165, 1.54) is 12.1 Å². The van der Waals surface area contributed by atoms with Crippen LogP contribution < -0.4 is 14.8 Å². The van der Waals surface area contributed by atoms with Crippen LogP contribution in [0.3, 0.4) is 0 Å². The summed E-state index contributed by atoms with van der Waals surface area (Å²) in [5.74, 6) is 1.48. The number of nitrogens with zero attached hydrogens (tertiary/aromatic N) is 2. The predicted molar refractivity (Wildman–Crippen MR) is 115 cm³/mol. The van der Waals surface area contributed by atoms with Crippen LogP contribution in [0, 0.1) is 12.7 Å². The number of nitrogens with one attached hydrogen (secondary N) is 1. The van der Waals surface area contributed by atoms with Crippen molar-refractivity contribution >= 4 is 11.6 Å². The molecule has 0 atom stereocenters. The maximum atomic E-state index is 13.3. The Balaban J connectivity index is 1.32. The minimum absolute atomic E-state index is 0.172. The highest BCUT2D eigenvalue weighted by atomic mass is 19.1. The van der Waals surface area contributed by atoms with Crippen LogP contribution >= 0.6 is 0 Å². The number of amides is 1. The highest BCUT2D eigenvalue weighted by Crippen LogP contribution is 2.20. The van der Waals surface area contributed by atoms with Crippen LogP contribution in [0.1, 0.15) is 27.6 Å². The fraction of sp³-hybridized carbons (Fsp3) is 0.125. The number of carbonyl (C=O) groups is 1. The van der Waals surface area contributed by atoms with E-state index in [1.54, 1.807) is 67.6 Å². The quantitative estimate of drug-likeness (QED) is 0.424. The van der Waals surface area contributed by atoms with Gasteiger partial charge in [0.05, 0.1) is 0 Å². The van der Waals surface area contributed by atoms with Gasteiger partial charge < -0.3 is 19.3 Å². The van der Waals surface area contributed by atoms with Crippen molar-refractivity contribution in [3.05, 3.63) is 101 Å². The van der Waals surface area contributed by atoms with E-state index in [0.29, 0.717) is 34.5 Å². The smallest absolute Gasteiger partial charge is 0.255 e. The Bertz CT molecular complexity index is 1210. The molecule has 7 nitrogen and oxygen atoms in total. The summed E-state index contributed by atoms with van der Waals surface area (Å²) in [6, 6.07) is 19.9. The monoisotopic (exact) mass is 433 g/mol. The van der Waals surface area contributed by atoms with E-state index in [-0.39, 0.29) is 24.9 Å². The van der Waals surface area contributed by atoms with Gasteiger partial charge in [0, 0.05) is 24.2 Å². The molecule has 162 valence electrons. The zero-order valence-corrected chi connectivity index (χ0v) is 17.2. The number of aromatic nitrogens is 2. The standard InChI is InChI=1S/C24H20FN3O4/c1-16-26-23(28-32-16)15-31-21-10-8-18(9-11-21)24(29)27-20-6-3-7-22(13-20)30-14-17-4-2-5-19(25)12-17/h2-13H,14-15H2,1H3,(H,27,29). The first kappa shape index (κ1) is 21.0. The molecular formula is C24H20FN3O4. The van der Waals surface area contributed by atoms with Crippen LogP contribution in [-0.4, -0.2) is 16.0 Å². The van der Waals surface area contributed by atoms with Gasteiger partial charge in [-0.1, -0.05) is 23.4 Å². The maximum absolute atomic E-state index is 13.3. The summed E-state index contributed by atoms with van der Waals surface area (Å²) < 4.78 is 29.5. The molecule has 1 aromatic heterocycles. The lowest BCUT2D eigenvalue weighted by Gasteiger charge is -2.10. The van der Waals surface area contributed by atoms with E-state index in [1.807, 2.05) is 0 Å². The average molecular weight is 433 g/mol. The molecule has 0 radical (unpaired) electrons. The van der Waals surface area contributed by atoms with E-state index in [0.717, 1.165) is 5.56 Å². The van der Waals surface area contributed by atoms with E-state index in [2.05, 4.69) is 15.5 Å². The molecular weight excluding hydrogens is 413 g/mol. The van der Waals surface area contributed by atoms with Crippen molar-refractivity contribution in [3.63, 3.8) is 0 Å². The summed E-state index contributed by atoms with van der Waals surface area (Å²) in [5.41, 5.74) is 1.77. The van der Waals surface area contributed by atoms with E-state index >= 15 is 0 Å². The van der Waals surface area contributed by atoms with Gasteiger partial charge in [0.1, 0.15) is 23.9 Å². The van der Waals surface area contributed by atoms with E-state index in [9.17, 15) is 9.18 Å². The number of rotatable bonds is 8. The Morgan fingerprint density at radius 1 is 0.969 bits per heavy atom.